The average Bonchev–Trinajstić information content (AvgIpc) is 3.26. The lowest BCUT2D eigenvalue weighted by molar-refractivity contribution is -0.402. The number of benzene rings is 1. The number of furan rings is 1. The number of nitro groups is 1. The van der Waals surface area contributed by atoms with Crippen molar-refractivity contribution in [2.75, 3.05) is 5.32 Å². The van der Waals surface area contributed by atoms with E-state index in [4.69, 9.17) is 4.42 Å². The minimum atomic E-state index is -0.607. The van der Waals surface area contributed by atoms with Crippen LogP contribution in [0.5, 0.6) is 0 Å². The lowest BCUT2D eigenvalue weighted by atomic mass is 10.2. The van der Waals surface area contributed by atoms with Crippen molar-refractivity contribution < 1.29 is 13.7 Å². The van der Waals surface area contributed by atoms with Crippen LogP contribution in [0, 0.1) is 15.9 Å². The minimum Gasteiger partial charge on any atom is -0.401 e. The molecule has 0 unspecified atom stereocenters. The lowest BCUT2D eigenvalue weighted by Gasteiger charge is -2.08. The number of rotatable bonds is 5. The third-order valence-corrected chi connectivity index (χ3v) is 3.78. The summed E-state index contributed by atoms with van der Waals surface area (Å²) in [6.45, 7) is 0. The fraction of sp³-hybridized carbons (Fsp3) is 0.176. The second-order valence-corrected chi connectivity index (χ2v) is 5.78. The van der Waals surface area contributed by atoms with Gasteiger partial charge in [-0.3, -0.25) is 10.1 Å². The molecule has 0 bridgehead atoms. The maximum atomic E-state index is 13.5. The van der Waals surface area contributed by atoms with E-state index in [9.17, 15) is 14.5 Å². The molecule has 0 saturated heterocycles. The van der Waals surface area contributed by atoms with E-state index in [1.165, 1.54) is 30.3 Å². The average molecular weight is 340 g/mol. The molecule has 0 spiro atoms. The largest absolute Gasteiger partial charge is 0.433 e. The summed E-state index contributed by atoms with van der Waals surface area (Å²) in [5.74, 6) is 0.613. The SMILES string of the molecule is O=[N+]([O-])c1ccc(/C=C/c2nc(NC3CC3)c3ccc(F)cc3n2)o1. The van der Waals surface area contributed by atoms with Crippen LogP contribution in [0.3, 0.4) is 0 Å². The van der Waals surface area contributed by atoms with Crippen LogP contribution in [-0.2, 0) is 0 Å². The number of hydrogen-bond donors (Lipinski definition) is 1. The van der Waals surface area contributed by atoms with Crippen molar-refractivity contribution in [1.29, 1.82) is 0 Å². The Morgan fingerprint density at radius 2 is 2.08 bits per heavy atom. The first-order chi connectivity index (χ1) is 12.1. The van der Waals surface area contributed by atoms with E-state index in [0.29, 0.717) is 29.0 Å². The van der Waals surface area contributed by atoms with Gasteiger partial charge in [0.25, 0.3) is 0 Å². The van der Waals surface area contributed by atoms with Crippen molar-refractivity contribution in [3.63, 3.8) is 0 Å². The first kappa shape index (κ1) is 15.3. The van der Waals surface area contributed by atoms with Crippen LogP contribution < -0.4 is 5.32 Å². The van der Waals surface area contributed by atoms with Crippen LogP contribution in [0.1, 0.15) is 24.4 Å². The van der Waals surface area contributed by atoms with Gasteiger partial charge in [0.15, 0.2) is 5.82 Å². The third-order valence-electron chi connectivity index (χ3n) is 3.78. The molecule has 1 aromatic carbocycles. The Balaban J connectivity index is 1.70. The molecule has 2 aromatic heterocycles. The van der Waals surface area contributed by atoms with Crippen molar-refractivity contribution in [2.45, 2.75) is 18.9 Å². The summed E-state index contributed by atoms with van der Waals surface area (Å²) < 4.78 is 18.6. The Kier molecular flexibility index (Phi) is 3.64. The zero-order chi connectivity index (χ0) is 17.4. The molecule has 1 aliphatic carbocycles. The molecule has 0 amide bonds. The van der Waals surface area contributed by atoms with E-state index in [-0.39, 0.29) is 11.7 Å². The van der Waals surface area contributed by atoms with Gasteiger partial charge in [0.05, 0.1) is 11.6 Å². The molecule has 2 heterocycles. The second kappa shape index (κ2) is 5.97. The number of nitrogens with zero attached hydrogens (tertiary/aromatic N) is 3. The van der Waals surface area contributed by atoms with E-state index in [1.54, 1.807) is 12.1 Å². The molecule has 0 radical (unpaired) electrons. The Bertz CT molecular complexity index is 995. The van der Waals surface area contributed by atoms with Crippen molar-refractivity contribution in [2.24, 2.45) is 0 Å². The van der Waals surface area contributed by atoms with E-state index in [2.05, 4.69) is 15.3 Å². The van der Waals surface area contributed by atoms with Gasteiger partial charge in [-0.15, -0.1) is 0 Å². The van der Waals surface area contributed by atoms with Gasteiger partial charge in [0.2, 0.25) is 0 Å². The number of anilines is 1. The molecular formula is C17H13FN4O3. The summed E-state index contributed by atoms with van der Waals surface area (Å²) in [5, 5.41) is 14.7. The van der Waals surface area contributed by atoms with Gasteiger partial charge >= 0.3 is 5.88 Å². The van der Waals surface area contributed by atoms with Crippen molar-refractivity contribution >= 4 is 34.8 Å². The summed E-state index contributed by atoms with van der Waals surface area (Å²) in [5.41, 5.74) is 0.489. The molecule has 4 rings (SSSR count). The molecule has 1 fully saturated rings. The molecule has 7 nitrogen and oxygen atoms in total. The van der Waals surface area contributed by atoms with Gasteiger partial charge in [0, 0.05) is 17.5 Å². The lowest BCUT2D eigenvalue weighted by Crippen LogP contribution is -2.05. The van der Waals surface area contributed by atoms with Crippen LogP contribution in [0.2, 0.25) is 0 Å². The highest BCUT2D eigenvalue weighted by molar-refractivity contribution is 5.90. The minimum absolute atomic E-state index is 0.311. The molecule has 1 aliphatic rings. The van der Waals surface area contributed by atoms with Gasteiger partial charge in [-0.25, -0.2) is 14.4 Å². The summed E-state index contributed by atoms with van der Waals surface area (Å²) in [6.07, 6.45) is 5.27. The predicted octanol–water partition coefficient (Wildman–Crippen LogP) is 4.01. The van der Waals surface area contributed by atoms with Crippen LogP contribution in [0.25, 0.3) is 23.1 Å². The molecule has 8 heteroatoms. The van der Waals surface area contributed by atoms with Gasteiger partial charge < -0.3 is 9.73 Å². The van der Waals surface area contributed by atoms with Crippen molar-refractivity contribution in [3.05, 3.63) is 57.8 Å². The molecule has 3 aromatic rings. The topological polar surface area (TPSA) is 94.1 Å². The Morgan fingerprint density at radius 1 is 1.24 bits per heavy atom. The Labute approximate surface area is 141 Å². The zero-order valence-electron chi connectivity index (χ0n) is 13.0. The van der Waals surface area contributed by atoms with Crippen molar-refractivity contribution in [1.82, 2.24) is 9.97 Å². The highest BCUT2D eigenvalue weighted by Gasteiger charge is 2.22. The zero-order valence-corrected chi connectivity index (χ0v) is 13.0. The number of aromatic nitrogens is 2. The van der Waals surface area contributed by atoms with E-state index in [1.807, 2.05) is 0 Å². The fourth-order valence-electron chi connectivity index (χ4n) is 2.41. The van der Waals surface area contributed by atoms with E-state index >= 15 is 0 Å². The number of nitrogens with one attached hydrogen (secondary N) is 1. The quantitative estimate of drug-likeness (QED) is 0.557. The summed E-state index contributed by atoms with van der Waals surface area (Å²) in [6, 6.07) is 7.52. The van der Waals surface area contributed by atoms with Crippen molar-refractivity contribution in [3.8, 4) is 0 Å². The molecule has 126 valence electrons. The predicted molar refractivity (Wildman–Crippen MR) is 90.4 cm³/mol. The standard InChI is InChI=1S/C17H13FN4O3/c18-10-1-6-13-14(9-10)20-15(21-17(13)19-11-2-3-11)7-4-12-5-8-16(25-12)22(23)24/h1,4-9,11H,2-3H2,(H,19,20,21)/b7-4+. The van der Waals surface area contributed by atoms with E-state index < -0.39 is 4.92 Å². The first-order valence-corrected chi connectivity index (χ1v) is 7.74. The third kappa shape index (κ3) is 3.32. The number of hydrogen-bond acceptors (Lipinski definition) is 6. The molecule has 0 aliphatic heterocycles. The van der Waals surface area contributed by atoms with Crippen LogP contribution in [-0.4, -0.2) is 20.9 Å². The summed E-state index contributed by atoms with van der Waals surface area (Å²) in [4.78, 5) is 18.8. The molecule has 1 saturated carbocycles. The highest BCUT2D eigenvalue weighted by atomic mass is 19.1. The maximum Gasteiger partial charge on any atom is 0.433 e. The number of halogens is 1. The van der Waals surface area contributed by atoms with Crippen LogP contribution in [0.15, 0.2) is 34.7 Å². The van der Waals surface area contributed by atoms with Crippen LogP contribution >= 0.6 is 0 Å². The van der Waals surface area contributed by atoms with E-state index in [0.717, 1.165) is 18.2 Å². The highest BCUT2D eigenvalue weighted by Crippen LogP contribution is 2.28. The second-order valence-electron chi connectivity index (χ2n) is 5.78. The first-order valence-electron chi connectivity index (χ1n) is 7.74. The maximum absolute atomic E-state index is 13.5. The fourth-order valence-corrected chi connectivity index (χ4v) is 2.41. The molecule has 0 atom stereocenters. The van der Waals surface area contributed by atoms with Gasteiger partial charge in [0.1, 0.15) is 22.3 Å². The normalized spacial score (nSPS) is 14.3. The molecular weight excluding hydrogens is 327 g/mol. The molecule has 25 heavy (non-hydrogen) atoms. The van der Waals surface area contributed by atoms with Gasteiger partial charge in [-0.2, -0.15) is 0 Å². The Morgan fingerprint density at radius 3 is 2.80 bits per heavy atom. The number of fused-ring (bicyclic) bond motifs is 1. The van der Waals surface area contributed by atoms with Crippen LogP contribution in [0.4, 0.5) is 16.1 Å². The summed E-state index contributed by atoms with van der Waals surface area (Å²) >= 11 is 0. The smallest absolute Gasteiger partial charge is 0.401 e. The van der Waals surface area contributed by atoms with Gasteiger partial charge in [-0.05, 0) is 43.2 Å². The molecule has 1 N–H and O–H groups in total. The summed E-state index contributed by atoms with van der Waals surface area (Å²) in [7, 11) is 0. The Hall–Kier alpha value is -3.29. The van der Waals surface area contributed by atoms with Gasteiger partial charge in [-0.1, -0.05) is 0 Å². The monoisotopic (exact) mass is 340 g/mol.